The highest BCUT2D eigenvalue weighted by molar-refractivity contribution is 4.48. The Morgan fingerprint density at radius 1 is 1.08 bits per heavy atom. The maximum absolute atomic E-state index is 4.88. The molecule has 0 saturated carbocycles. The van der Waals surface area contributed by atoms with Gasteiger partial charge in [0.05, 0.1) is 26.9 Å². The molecule has 0 bridgehead atoms. The van der Waals surface area contributed by atoms with Crippen molar-refractivity contribution in [3.05, 3.63) is 0 Å². The van der Waals surface area contributed by atoms with Gasteiger partial charge in [-0.1, -0.05) is 0 Å². The van der Waals surface area contributed by atoms with Crippen LogP contribution in [-0.4, -0.2) is 26.9 Å². The van der Waals surface area contributed by atoms with Gasteiger partial charge in [0.2, 0.25) is 0 Å². The molecule has 0 radical (unpaired) electrons. The summed E-state index contributed by atoms with van der Waals surface area (Å²) in [5.41, 5.74) is 0. The number of rotatable bonds is 8. The maximum Gasteiger partial charge on any atom is 0.0901 e. The molecule has 0 aromatic carbocycles. The van der Waals surface area contributed by atoms with Gasteiger partial charge in [-0.15, -0.1) is 0 Å². The number of unbranched alkanes of at least 4 members (excludes halogenated alkanes) is 1. The lowest BCUT2D eigenvalue weighted by atomic mass is 10.2. The summed E-state index contributed by atoms with van der Waals surface area (Å²) in [4.78, 5) is 18.5. The smallest absolute Gasteiger partial charge is 0.0901 e. The Balaban J connectivity index is 2.97. The van der Waals surface area contributed by atoms with E-state index in [4.69, 9.17) is 9.78 Å². The third-order valence-corrected chi connectivity index (χ3v) is 1.47. The van der Waals surface area contributed by atoms with Crippen molar-refractivity contribution in [2.24, 2.45) is 0 Å². The first-order chi connectivity index (χ1) is 5.81. The molecule has 0 heterocycles. The Kier molecular flexibility index (Phi) is 8.81. The molecule has 0 N–H and O–H groups in total. The highest BCUT2D eigenvalue weighted by Crippen LogP contribution is 2.04. The first-order valence-corrected chi connectivity index (χ1v) is 4.16. The second kappa shape index (κ2) is 8.93. The van der Waals surface area contributed by atoms with Gasteiger partial charge >= 0.3 is 0 Å². The summed E-state index contributed by atoms with van der Waals surface area (Å²) >= 11 is 0. The van der Waals surface area contributed by atoms with Crippen LogP contribution in [0.1, 0.15) is 26.2 Å². The Morgan fingerprint density at radius 2 is 1.83 bits per heavy atom. The van der Waals surface area contributed by atoms with Gasteiger partial charge in [-0.05, 0) is 26.2 Å². The summed E-state index contributed by atoms with van der Waals surface area (Å²) in [6, 6.07) is 0. The molecule has 0 aromatic rings. The quantitative estimate of drug-likeness (QED) is 0.322. The minimum atomic E-state index is 0.151. The zero-order valence-electron chi connectivity index (χ0n) is 8.04. The second-order valence-electron chi connectivity index (χ2n) is 2.56. The lowest BCUT2D eigenvalue weighted by molar-refractivity contribution is -0.302. The molecule has 1 unspecified atom stereocenters. The average Bonchev–Trinajstić information content (AvgIpc) is 2.05. The van der Waals surface area contributed by atoms with Crippen LogP contribution < -0.4 is 0 Å². The van der Waals surface area contributed by atoms with Gasteiger partial charge in [0.15, 0.2) is 0 Å². The Hall–Kier alpha value is -0.160. The normalized spacial score (nSPS) is 13.2. The molecule has 0 aliphatic heterocycles. The molecule has 0 aliphatic carbocycles. The fourth-order valence-electron chi connectivity index (χ4n) is 0.888. The van der Waals surface area contributed by atoms with E-state index in [2.05, 4.69) is 9.78 Å². The van der Waals surface area contributed by atoms with Crippen LogP contribution in [0, 0.1) is 0 Å². The minimum absolute atomic E-state index is 0.151. The van der Waals surface area contributed by atoms with Crippen LogP contribution in [0.4, 0.5) is 0 Å². The lowest BCUT2D eigenvalue weighted by Gasteiger charge is -2.08. The van der Waals surface area contributed by atoms with E-state index in [1.165, 1.54) is 14.2 Å². The third kappa shape index (κ3) is 7.94. The molecule has 0 spiro atoms. The molecule has 4 heteroatoms. The summed E-state index contributed by atoms with van der Waals surface area (Å²) in [7, 11) is 3.03. The zero-order valence-corrected chi connectivity index (χ0v) is 8.04. The Bertz CT molecular complexity index is 87.1. The molecular formula is C8H18O4. The van der Waals surface area contributed by atoms with E-state index >= 15 is 0 Å². The van der Waals surface area contributed by atoms with Gasteiger partial charge in [0.25, 0.3) is 0 Å². The molecule has 74 valence electrons. The predicted molar refractivity (Wildman–Crippen MR) is 44.4 cm³/mol. The summed E-state index contributed by atoms with van der Waals surface area (Å²) in [5.74, 6) is 0. The van der Waals surface area contributed by atoms with Crippen LogP contribution in [-0.2, 0) is 19.6 Å². The van der Waals surface area contributed by atoms with Crippen molar-refractivity contribution < 1.29 is 19.6 Å². The lowest BCUT2D eigenvalue weighted by Crippen LogP contribution is -2.07. The van der Waals surface area contributed by atoms with Crippen molar-refractivity contribution in [3.63, 3.8) is 0 Å². The summed E-state index contributed by atoms with van der Waals surface area (Å²) in [5, 5.41) is 0. The Labute approximate surface area is 73.6 Å². The van der Waals surface area contributed by atoms with Gasteiger partial charge in [0.1, 0.15) is 0 Å². The standard InChI is InChI=1S/C8H18O4/c1-8(12-10-3)6-4-5-7-11-9-2/h8H,4-7H2,1-3H3. The van der Waals surface area contributed by atoms with E-state index in [1.54, 1.807) is 0 Å². The monoisotopic (exact) mass is 178 g/mol. The SMILES string of the molecule is COOCCCCC(C)OOC. The molecule has 0 fully saturated rings. The van der Waals surface area contributed by atoms with Crippen molar-refractivity contribution in [1.29, 1.82) is 0 Å². The summed E-state index contributed by atoms with van der Waals surface area (Å²) in [6.07, 6.45) is 3.15. The number of hydrogen-bond donors (Lipinski definition) is 0. The third-order valence-electron chi connectivity index (χ3n) is 1.47. The second-order valence-corrected chi connectivity index (χ2v) is 2.56. The first-order valence-electron chi connectivity index (χ1n) is 4.16. The molecule has 0 saturated heterocycles. The largest absolute Gasteiger partial charge is 0.240 e. The number of hydrogen-bond acceptors (Lipinski definition) is 4. The molecule has 4 nitrogen and oxygen atoms in total. The molecule has 0 rings (SSSR count). The Morgan fingerprint density at radius 3 is 2.42 bits per heavy atom. The highest BCUT2D eigenvalue weighted by atomic mass is 17.2. The molecule has 0 amide bonds. The van der Waals surface area contributed by atoms with E-state index in [1.807, 2.05) is 6.92 Å². The predicted octanol–water partition coefficient (Wildman–Crippen LogP) is 1.70. The van der Waals surface area contributed by atoms with Crippen LogP contribution in [0.2, 0.25) is 0 Å². The topological polar surface area (TPSA) is 36.9 Å². The van der Waals surface area contributed by atoms with Crippen molar-refractivity contribution in [3.8, 4) is 0 Å². The highest BCUT2D eigenvalue weighted by Gasteiger charge is 2.01. The summed E-state index contributed by atoms with van der Waals surface area (Å²) in [6.45, 7) is 2.61. The van der Waals surface area contributed by atoms with Gasteiger partial charge in [0, 0.05) is 0 Å². The molecule has 0 aliphatic rings. The molecule has 0 aromatic heterocycles. The van der Waals surface area contributed by atoms with Crippen LogP contribution >= 0.6 is 0 Å². The summed E-state index contributed by atoms with van der Waals surface area (Å²) < 4.78 is 0. The fourth-order valence-corrected chi connectivity index (χ4v) is 0.888. The van der Waals surface area contributed by atoms with E-state index in [0.717, 1.165) is 19.3 Å². The van der Waals surface area contributed by atoms with Gasteiger partial charge < -0.3 is 0 Å². The average molecular weight is 178 g/mol. The van der Waals surface area contributed by atoms with E-state index in [9.17, 15) is 0 Å². The van der Waals surface area contributed by atoms with Crippen molar-refractivity contribution in [2.75, 3.05) is 20.8 Å². The molecule has 12 heavy (non-hydrogen) atoms. The van der Waals surface area contributed by atoms with Crippen LogP contribution in [0.25, 0.3) is 0 Å². The van der Waals surface area contributed by atoms with Crippen LogP contribution in [0.5, 0.6) is 0 Å². The zero-order chi connectivity index (χ0) is 9.23. The molecular weight excluding hydrogens is 160 g/mol. The van der Waals surface area contributed by atoms with E-state index in [0.29, 0.717) is 6.61 Å². The molecule has 1 atom stereocenters. The minimum Gasteiger partial charge on any atom is -0.240 e. The van der Waals surface area contributed by atoms with Gasteiger partial charge in [-0.2, -0.15) is 0 Å². The maximum atomic E-state index is 4.88. The first kappa shape index (κ1) is 11.8. The van der Waals surface area contributed by atoms with Crippen LogP contribution in [0.3, 0.4) is 0 Å². The van der Waals surface area contributed by atoms with Gasteiger partial charge in [-0.25, -0.2) is 19.6 Å². The fraction of sp³-hybridized carbons (Fsp3) is 1.00. The van der Waals surface area contributed by atoms with E-state index < -0.39 is 0 Å². The van der Waals surface area contributed by atoms with Crippen molar-refractivity contribution in [1.82, 2.24) is 0 Å². The van der Waals surface area contributed by atoms with Crippen LogP contribution in [0.15, 0.2) is 0 Å². The van der Waals surface area contributed by atoms with Gasteiger partial charge in [-0.3, -0.25) is 0 Å². The van der Waals surface area contributed by atoms with E-state index in [-0.39, 0.29) is 6.10 Å². The van der Waals surface area contributed by atoms with Crippen molar-refractivity contribution in [2.45, 2.75) is 32.3 Å². The van der Waals surface area contributed by atoms with Crippen molar-refractivity contribution >= 4 is 0 Å².